The summed E-state index contributed by atoms with van der Waals surface area (Å²) in [6.45, 7) is 5.92. The minimum absolute atomic E-state index is 0.00122. The maximum absolute atomic E-state index is 12.2. The molecular weight excluding hydrogens is 310 g/mol. The average molecular weight is 331 g/mol. The van der Waals surface area contributed by atoms with Crippen LogP contribution in [0.25, 0.3) is 11.0 Å². The lowest BCUT2D eigenvalue weighted by Crippen LogP contribution is -2.41. The summed E-state index contributed by atoms with van der Waals surface area (Å²) in [4.78, 5) is 19.6. The van der Waals surface area contributed by atoms with Gasteiger partial charge in [-0.25, -0.2) is 4.98 Å². The van der Waals surface area contributed by atoms with Gasteiger partial charge >= 0.3 is 0 Å². The van der Waals surface area contributed by atoms with Crippen molar-refractivity contribution in [2.24, 2.45) is 0 Å². The van der Waals surface area contributed by atoms with E-state index in [1.165, 1.54) is 0 Å². The van der Waals surface area contributed by atoms with E-state index in [1.807, 2.05) is 63.4 Å². The average Bonchev–Trinajstić information content (AvgIpc) is 3.01. The largest absolute Gasteiger partial charge is 0.351 e. The molecule has 0 unspecified atom stereocenters. The van der Waals surface area contributed by atoms with Crippen LogP contribution >= 0.6 is 0 Å². The van der Waals surface area contributed by atoms with Gasteiger partial charge in [-0.05, 0) is 44.5 Å². The lowest BCUT2D eigenvalue weighted by molar-refractivity contribution is -0.121. The molecule has 0 spiro atoms. The Kier molecular flexibility index (Phi) is 4.58. The van der Waals surface area contributed by atoms with Crippen molar-refractivity contribution in [3.8, 4) is 11.8 Å². The molecular formula is C21H21N3O. The Morgan fingerprint density at radius 1 is 1.12 bits per heavy atom. The van der Waals surface area contributed by atoms with Gasteiger partial charge in [-0.2, -0.15) is 0 Å². The molecule has 1 aromatic carbocycles. The summed E-state index contributed by atoms with van der Waals surface area (Å²) in [7, 11) is 0. The number of hydrogen-bond donors (Lipinski definition) is 2. The lowest BCUT2D eigenvalue weighted by atomic mass is 10.0. The smallest absolute Gasteiger partial charge is 0.224 e. The fourth-order valence-corrected chi connectivity index (χ4v) is 2.64. The van der Waals surface area contributed by atoms with E-state index in [-0.39, 0.29) is 11.4 Å². The van der Waals surface area contributed by atoms with E-state index in [9.17, 15) is 4.79 Å². The van der Waals surface area contributed by atoms with Crippen LogP contribution in [0, 0.1) is 11.8 Å². The summed E-state index contributed by atoms with van der Waals surface area (Å²) in [6.07, 6.45) is 3.91. The summed E-state index contributed by atoms with van der Waals surface area (Å²) in [5, 5.41) is 3.99. The summed E-state index contributed by atoms with van der Waals surface area (Å²) in [5.41, 5.74) is 3.29. The number of aromatic nitrogens is 2. The highest BCUT2D eigenvalue weighted by Crippen LogP contribution is 2.15. The topological polar surface area (TPSA) is 57.8 Å². The second-order valence-corrected chi connectivity index (χ2v) is 6.98. The van der Waals surface area contributed by atoms with E-state index in [4.69, 9.17) is 0 Å². The van der Waals surface area contributed by atoms with Gasteiger partial charge in [-0.1, -0.05) is 30.0 Å². The van der Waals surface area contributed by atoms with E-state index >= 15 is 0 Å². The van der Waals surface area contributed by atoms with Crippen molar-refractivity contribution in [2.45, 2.75) is 32.7 Å². The zero-order chi connectivity index (χ0) is 17.9. The number of rotatable bonds is 2. The molecule has 0 fully saturated rings. The number of carbonyl (C=O) groups excluding carboxylic acids is 1. The molecule has 0 aliphatic carbocycles. The molecule has 25 heavy (non-hydrogen) atoms. The van der Waals surface area contributed by atoms with Crippen molar-refractivity contribution in [1.29, 1.82) is 0 Å². The highest BCUT2D eigenvalue weighted by atomic mass is 16.1. The van der Waals surface area contributed by atoms with Crippen molar-refractivity contribution in [1.82, 2.24) is 15.3 Å². The van der Waals surface area contributed by atoms with Gasteiger partial charge < -0.3 is 10.3 Å². The molecule has 0 saturated heterocycles. The summed E-state index contributed by atoms with van der Waals surface area (Å²) < 4.78 is 0. The van der Waals surface area contributed by atoms with Crippen LogP contribution in [0.15, 0.2) is 48.8 Å². The number of H-pyrrole nitrogens is 1. The van der Waals surface area contributed by atoms with E-state index in [0.29, 0.717) is 6.42 Å². The summed E-state index contributed by atoms with van der Waals surface area (Å²) in [5.74, 6) is 6.42. The third-order valence-electron chi connectivity index (χ3n) is 3.67. The molecule has 126 valence electrons. The predicted octanol–water partition coefficient (Wildman–Crippen LogP) is 3.42. The van der Waals surface area contributed by atoms with Crippen LogP contribution < -0.4 is 5.32 Å². The maximum atomic E-state index is 12.2. The van der Waals surface area contributed by atoms with Crippen LogP contribution in [0.3, 0.4) is 0 Å². The summed E-state index contributed by atoms with van der Waals surface area (Å²) in [6, 6.07) is 11.6. The van der Waals surface area contributed by atoms with Crippen LogP contribution in [0.4, 0.5) is 0 Å². The van der Waals surface area contributed by atoms with Crippen LogP contribution in [-0.4, -0.2) is 21.4 Å². The molecule has 4 heteroatoms. The fourth-order valence-electron chi connectivity index (χ4n) is 2.64. The van der Waals surface area contributed by atoms with E-state index < -0.39 is 0 Å². The monoisotopic (exact) mass is 331 g/mol. The molecule has 0 radical (unpaired) electrons. The fraction of sp³-hybridized carbons (Fsp3) is 0.238. The highest BCUT2D eigenvalue weighted by Gasteiger charge is 2.14. The van der Waals surface area contributed by atoms with Gasteiger partial charge in [0.1, 0.15) is 5.65 Å². The first-order valence-electron chi connectivity index (χ1n) is 8.25. The zero-order valence-electron chi connectivity index (χ0n) is 14.7. The SMILES string of the molecule is CC(C)(C)NC(=O)Cc1ccccc1C#Cc1ccnc2[nH]ccc12. The van der Waals surface area contributed by atoms with Crippen LogP contribution in [0.1, 0.15) is 37.5 Å². The number of benzene rings is 1. The first-order chi connectivity index (χ1) is 11.9. The van der Waals surface area contributed by atoms with Crippen LogP contribution in [0.5, 0.6) is 0 Å². The van der Waals surface area contributed by atoms with Crippen molar-refractivity contribution in [3.05, 3.63) is 65.5 Å². The van der Waals surface area contributed by atoms with Crippen molar-refractivity contribution in [2.75, 3.05) is 0 Å². The Balaban J connectivity index is 1.87. The quantitative estimate of drug-likeness (QED) is 0.707. The van der Waals surface area contributed by atoms with Gasteiger partial charge in [-0.3, -0.25) is 4.79 Å². The molecule has 3 rings (SSSR count). The van der Waals surface area contributed by atoms with E-state index in [1.54, 1.807) is 6.20 Å². The van der Waals surface area contributed by atoms with Gasteiger partial charge in [0.25, 0.3) is 0 Å². The van der Waals surface area contributed by atoms with Crippen molar-refractivity contribution >= 4 is 16.9 Å². The molecule has 3 aromatic rings. The Hall–Kier alpha value is -3.06. The molecule has 0 aliphatic rings. The number of hydrogen-bond acceptors (Lipinski definition) is 2. The number of fused-ring (bicyclic) bond motifs is 1. The second kappa shape index (κ2) is 6.82. The van der Waals surface area contributed by atoms with E-state index in [0.717, 1.165) is 27.7 Å². The van der Waals surface area contributed by atoms with Crippen molar-refractivity contribution < 1.29 is 4.79 Å². The molecule has 2 heterocycles. The number of nitrogens with zero attached hydrogens (tertiary/aromatic N) is 1. The van der Waals surface area contributed by atoms with Crippen LogP contribution in [0.2, 0.25) is 0 Å². The van der Waals surface area contributed by atoms with Gasteiger partial charge in [0.2, 0.25) is 5.91 Å². The van der Waals surface area contributed by atoms with E-state index in [2.05, 4.69) is 27.1 Å². The third kappa shape index (κ3) is 4.27. The summed E-state index contributed by atoms with van der Waals surface area (Å²) >= 11 is 0. The van der Waals surface area contributed by atoms with Gasteiger partial charge in [0.15, 0.2) is 0 Å². The number of nitrogens with one attached hydrogen (secondary N) is 2. The molecule has 1 amide bonds. The molecule has 0 saturated carbocycles. The van der Waals surface area contributed by atoms with Gasteiger partial charge in [0.05, 0.1) is 6.42 Å². The predicted molar refractivity (Wildman–Crippen MR) is 100 cm³/mol. The standard InChI is InChI=1S/C21H21N3O/c1-21(2,3)24-19(25)14-17-7-5-4-6-15(17)8-9-16-10-12-22-20-18(16)11-13-23-20/h4-7,10-13H,14H2,1-3H3,(H,22,23)(H,24,25). The lowest BCUT2D eigenvalue weighted by Gasteiger charge is -2.20. The highest BCUT2D eigenvalue weighted by molar-refractivity contribution is 5.83. The minimum atomic E-state index is -0.241. The number of carbonyl (C=O) groups is 1. The number of pyridine rings is 1. The number of aromatic amines is 1. The Bertz CT molecular complexity index is 968. The molecule has 4 nitrogen and oxygen atoms in total. The van der Waals surface area contributed by atoms with Gasteiger partial charge in [0, 0.05) is 34.4 Å². The Morgan fingerprint density at radius 3 is 2.68 bits per heavy atom. The molecule has 0 aliphatic heterocycles. The Morgan fingerprint density at radius 2 is 1.88 bits per heavy atom. The molecule has 0 bridgehead atoms. The van der Waals surface area contributed by atoms with Crippen LogP contribution in [-0.2, 0) is 11.2 Å². The molecule has 2 aromatic heterocycles. The van der Waals surface area contributed by atoms with Gasteiger partial charge in [-0.15, -0.1) is 0 Å². The molecule has 2 N–H and O–H groups in total. The number of amides is 1. The molecule has 0 atom stereocenters. The first-order valence-corrected chi connectivity index (χ1v) is 8.25. The minimum Gasteiger partial charge on any atom is -0.351 e. The Labute approximate surface area is 147 Å². The first kappa shape index (κ1) is 16.8. The van der Waals surface area contributed by atoms with Crippen molar-refractivity contribution in [3.63, 3.8) is 0 Å². The third-order valence-corrected chi connectivity index (χ3v) is 3.67. The second-order valence-electron chi connectivity index (χ2n) is 6.98. The maximum Gasteiger partial charge on any atom is 0.224 e. The normalized spacial score (nSPS) is 11.0. The zero-order valence-corrected chi connectivity index (χ0v) is 14.7.